The van der Waals surface area contributed by atoms with Crippen LogP contribution in [-0.2, 0) is 0 Å². The van der Waals surface area contributed by atoms with E-state index in [1.165, 1.54) is 11.1 Å². The van der Waals surface area contributed by atoms with E-state index in [0.29, 0.717) is 0 Å². The summed E-state index contributed by atoms with van der Waals surface area (Å²) in [6.45, 7) is 2.13. The van der Waals surface area contributed by atoms with Crippen molar-refractivity contribution in [3.8, 4) is 0 Å². The molecule has 0 aliphatic rings. The van der Waals surface area contributed by atoms with Crippen LogP contribution in [0.4, 0.5) is 0 Å². The molecule has 0 saturated heterocycles. The Labute approximate surface area is 103 Å². The van der Waals surface area contributed by atoms with Crippen molar-refractivity contribution in [2.24, 2.45) is 0 Å². The van der Waals surface area contributed by atoms with E-state index in [1.807, 2.05) is 12.1 Å². The third-order valence-electron chi connectivity index (χ3n) is 2.58. The van der Waals surface area contributed by atoms with Gasteiger partial charge < -0.3 is 0 Å². The lowest BCUT2D eigenvalue weighted by molar-refractivity contribution is 1.23. The van der Waals surface area contributed by atoms with Crippen LogP contribution >= 0.6 is 0 Å². The quantitative estimate of drug-likeness (QED) is 0.659. The Kier molecular flexibility index (Phi) is 3.96. The van der Waals surface area contributed by atoms with Crippen LogP contribution < -0.4 is 0 Å². The Bertz CT molecular complexity index is 473. The summed E-state index contributed by atoms with van der Waals surface area (Å²) >= 11 is 0. The Hall–Kier alpha value is -2.04. The van der Waals surface area contributed by atoms with Crippen LogP contribution in [0.15, 0.2) is 72.5 Å². The summed E-state index contributed by atoms with van der Waals surface area (Å²) in [5.41, 5.74) is 6.98. The van der Waals surface area contributed by atoms with Gasteiger partial charge in [0.25, 0.3) is 0 Å². The predicted octanol–water partition coefficient (Wildman–Crippen LogP) is 4.68. The zero-order chi connectivity index (χ0) is 11.9. The summed E-state index contributed by atoms with van der Waals surface area (Å²) in [7, 11) is 0. The van der Waals surface area contributed by atoms with Gasteiger partial charge in [-0.15, -0.1) is 5.73 Å². The van der Waals surface area contributed by atoms with Crippen LogP contribution in [0.2, 0.25) is 0 Å². The van der Waals surface area contributed by atoms with E-state index < -0.39 is 0 Å². The minimum atomic E-state index is 1.00. The van der Waals surface area contributed by atoms with E-state index in [0.717, 1.165) is 12.0 Å². The fourth-order valence-electron chi connectivity index (χ4n) is 1.75. The molecule has 0 N–H and O–H groups in total. The van der Waals surface area contributed by atoms with Crippen molar-refractivity contribution < 1.29 is 0 Å². The number of hydrogen-bond acceptors (Lipinski definition) is 0. The van der Waals surface area contributed by atoms with Gasteiger partial charge in [-0.3, -0.25) is 0 Å². The molecule has 0 nitrogen and oxygen atoms in total. The average Bonchev–Trinajstić information content (AvgIpc) is 2.42. The van der Waals surface area contributed by atoms with Gasteiger partial charge in [-0.1, -0.05) is 67.6 Å². The Balaban J connectivity index is 2.52. The van der Waals surface area contributed by atoms with Gasteiger partial charge in [0.1, 0.15) is 0 Å². The molecule has 0 heteroatoms. The molecular formula is C17H16. The van der Waals surface area contributed by atoms with Crippen molar-refractivity contribution >= 4 is 5.57 Å². The minimum Gasteiger partial charge on any atom is -0.116 e. The fraction of sp³-hybridized carbons (Fsp3) is 0.118. The lowest BCUT2D eigenvalue weighted by atomic mass is 9.99. The zero-order valence-corrected chi connectivity index (χ0v) is 10.1. The van der Waals surface area contributed by atoms with Crippen LogP contribution in [0.3, 0.4) is 0 Å². The van der Waals surface area contributed by atoms with Gasteiger partial charge in [0.2, 0.25) is 0 Å². The fourth-order valence-corrected chi connectivity index (χ4v) is 1.75. The molecule has 0 amide bonds. The molecule has 2 aromatic carbocycles. The van der Waals surface area contributed by atoms with E-state index in [1.54, 1.807) is 0 Å². The Morgan fingerprint density at radius 2 is 1.35 bits per heavy atom. The summed E-state index contributed by atoms with van der Waals surface area (Å²) in [5, 5.41) is 0. The van der Waals surface area contributed by atoms with E-state index in [2.05, 4.69) is 67.3 Å². The van der Waals surface area contributed by atoms with Crippen LogP contribution in [0.1, 0.15) is 24.5 Å². The second kappa shape index (κ2) is 5.89. The Morgan fingerprint density at radius 3 is 1.76 bits per heavy atom. The first-order valence-electron chi connectivity index (χ1n) is 5.98. The van der Waals surface area contributed by atoms with Crippen molar-refractivity contribution in [2.45, 2.75) is 13.3 Å². The van der Waals surface area contributed by atoms with Crippen LogP contribution in [0.5, 0.6) is 0 Å². The molecule has 0 heterocycles. The topological polar surface area (TPSA) is 0 Å². The molecule has 0 aliphatic carbocycles. The van der Waals surface area contributed by atoms with Gasteiger partial charge in [0, 0.05) is 5.57 Å². The van der Waals surface area contributed by atoms with E-state index in [9.17, 15) is 0 Å². The summed E-state index contributed by atoms with van der Waals surface area (Å²) in [5.74, 6) is 0. The highest BCUT2D eigenvalue weighted by molar-refractivity contribution is 5.79. The normalized spacial score (nSPS) is 9.47. The van der Waals surface area contributed by atoms with Crippen molar-refractivity contribution in [1.29, 1.82) is 0 Å². The third-order valence-corrected chi connectivity index (χ3v) is 2.58. The SMILES string of the molecule is CCC=C=C(c1ccccc1)c1ccccc1. The number of rotatable bonds is 3. The molecule has 0 atom stereocenters. The maximum Gasteiger partial charge on any atom is 0.0306 e. The largest absolute Gasteiger partial charge is 0.116 e. The molecule has 0 bridgehead atoms. The molecule has 0 aliphatic heterocycles. The summed E-state index contributed by atoms with van der Waals surface area (Å²) in [6, 6.07) is 20.8. The molecule has 17 heavy (non-hydrogen) atoms. The van der Waals surface area contributed by atoms with E-state index in [4.69, 9.17) is 0 Å². The molecule has 2 aromatic rings. The van der Waals surface area contributed by atoms with E-state index >= 15 is 0 Å². The number of allylic oxidation sites excluding steroid dienone is 1. The molecule has 0 saturated carbocycles. The second-order valence-electron chi connectivity index (χ2n) is 3.86. The number of hydrogen-bond donors (Lipinski definition) is 0. The molecular weight excluding hydrogens is 204 g/mol. The van der Waals surface area contributed by atoms with Gasteiger partial charge in [0.05, 0.1) is 0 Å². The molecule has 0 unspecified atom stereocenters. The third kappa shape index (κ3) is 2.96. The van der Waals surface area contributed by atoms with Gasteiger partial charge in [-0.25, -0.2) is 0 Å². The smallest absolute Gasteiger partial charge is 0.0306 e. The van der Waals surface area contributed by atoms with Crippen molar-refractivity contribution in [3.05, 3.63) is 83.6 Å². The molecule has 84 valence electrons. The maximum absolute atomic E-state index is 3.39. The molecule has 0 aromatic heterocycles. The minimum absolute atomic E-state index is 1.00. The second-order valence-corrected chi connectivity index (χ2v) is 3.86. The molecule has 0 spiro atoms. The molecule has 0 fully saturated rings. The first-order valence-corrected chi connectivity index (χ1v) is 5.98. The van der Waals surface area contributed by atoms with Crippen LogP contribution in [0, 0.1) is 0 Å². The average molecular weight is 220 g/mol. The standard InChI is InChI=1S/C17H16/c1-2-3-14-17(15-10-6-4-7-11-15)16-12-8-5-9-13-16/h3-13H,2H2,1H3. The first-order chi connectivity index (χ1) is 8.42. The van der Waals surface area contributed by atoms with Gasteiger partial charge in [-0.2, -0.15) is 0 Å². The summed E-state index contributed by atoms with van der Waals surface area (Å²) in [6.07, 6.45) is 3.08. The van der Waals surface area contributed by atoms with Crippen LogP contribution in [0.25, 0.3) is 5.57 Å². The predicted molar refractivity (Wildman–Crippen MR) is 73.8 cm³/mol. The van der Waals surface area contributed by atoms with Gasteiger partial charge in [0.15, 0.2) is 0 Å². The van der Waals surface area contributed by atoms with E-state index in [-0.39, 0.29) is 0 Å². The van der Waals surface area contributed by atoms with Crippen LogP contribution in [-0.4, -0.2) is 0 Å². The molecule has 2 rings (SSSR count). The zero-order valence-electron chi connectivity index (χ0n) is 10.1. The lowest BCUT2D eigenvalue weighted by Crippen LogP contribution is -1.85. The maximum atomic E-state index is 3.39. The van der Waals surface area contributed by atoms with Crippen molar-refractivity contribution in [2.75, 3.05) is 0 Å². The molecule has 0 radical (unpaired) electrons. The van der Waals surface area contributed by atoms with Crippen molar-refractivity contribution in [1.82, 2.24) is 0 Å². The summed E-state index contributed by atoms with van der Waals surface area (Å²) in [4.78, 5) is 0. The summed E-state index contributed by atoms with van der Waals surface area (Å²) < 4.78 is 0. The highest BCUT2D eigenvalue weighted by atomic mass is 14.0. The number of benzene rings is 2. The monoisotopic (exact) mass is 220 g/mol. The highest BCUT2D eigenvalue weighted by Crippen LogP contribution is 2.21. The Morgan fingerprint density at radius 1 is 0.882 bits per heavy atom. The van der Waals surface area contributed by atoms with Crippen molar-refractivity contribution in [3.63, 3.8) is 0 Å². The highest BCUT2D eigenvalue weighted by Gasteiger charge is 2.02. The lowest BCUT2D eigenvalue weighted by Gasteiger charge is -2.05. The van der Waals surface area contributed by atoms with Gasteiger partial charge in [-0.05, 0) is 23.6 Å². The van der Waals surface area contributed by atoms with Gasteiger partial charge >= 0.3 is 0 Å². The first kappa shape index (κ1) is 11.4.